The summed E-state index contributed by atoms with van der Waals surface area (Å²) in [5, 5.41) is 0. The third kappa shape index (κ3) is 2.34. The summed E-state index contributed by atoms with van der Waals surface area (Å²) in [6, 6.07) is 5.55. The fraction of sp³-hybridized carbons (Fsp3) is 0.222. The first-order valence-corrected chi connectivity index (χ1v) is 4.27. The van der Waals surface area contributed by atoms with E-state index < -0.39 is 0 Å². The highest BCUT2D eigenvalue weighted by atomic mass is 79.9. The molecule has 12 heavy (non-hydrogen) atoms. The Balaban J connectivity index is 2.75. The molecule has 0 aliphatic rings. The Morgan fingerprint density at radius 2 is 2.33 bits per heavy atom. The molecule has 0 fully saturated rings. The molecule has 1 rings (SSSR count). The van der Waals surface area contributed by atoms with Crippen molar-refractivity contribution >= 4 is 22.2 Å². The SMILES string of the molecule is Cc1cc(OC[C]=O)ccc1Br. The molecule has 1 radical (unpaired) electrons. The number of halogens is 1. The fourth-order valence-corrected chi connectivity index (χ4v) is 1.07. The lowest BCUT2D eigenvalue weighted by Crippen LogP contribution is -1.97. The van der Waals surface area contributed by atoms with E-state index in [9.17, 15) is 4.79 Å². The van der Waals surface area contributed by atoms with Crippen LogP contribution in [0.1, 0.15) is 5.56 Å². The van der Waals surface area contributed by atoms with Crippen LogP contribution in [0.25, 0.3) is 0 Å². The second-order valence-corrected chi connectivity index (χ2v) is 3.20. The van der Waals surface area contributed by atoms with Crippen LogP contribution in [-0.2, 0) is 4.79 Å². The molecule has 0 saturated carbocycles. The summed E-state index contributed by atoms with van der Waals surface area (Å²) in [4.78, 5) is 9.87. The average Bonchev–Trinajstić information content (AvgIpc) is 2.07. The van der Waals surface area contributed by atoms with Gasteiger partial charge in [0.05, 0.1) is 0 Å². The Kier molecular flexibility index (Phi) is 3.29. The lowest BCUT2D eigenvalue weighted by Gasteiger charge is -2.03. The summed E-state index contributed by atoms with van der Waals surface area (Å²) in [5.74, 6) is 0.694. The van der Waals surface area contributed by atoms with Gasteiger partial charge in [-0.1, -0.05) is 15.9 Å². The molecule has 0 N–H and O–H groups in total. The third-order valence-electron chi connectivity index (χ3n) is 1.43. The molecule has 0 unspecified atom stereocenters. The molecule has 0 spiro atoms. The molecule has 0 aliphatic heterocycles. The zero-order valence-corrected chi connectivity index (χ0v) is 8.22. The van der Waals surface area contributed by atoms with Crippen LogP contribution in [0.5, 0.6) is 5.75 Å². The standard InChI is InChI=1S/C9H8BrO2/c1-7-6-8(12-5-4-11)2-3-9(7)10/h2-3,6H,5H2,1H3. The second kappa shape index (κ2) is 4.26. The first-order chi connectivity index (χ1) is 5.74. The van der Waals surface area contributed by atoms with E-state index in [2.05, 4.69) is 15.9 Å². The Hall–Kier alpha value is -0.830. The first-order valence-electron chi connectivity index (χ1n) is 3.48. The van der Waals surface area contributed by atoms with Gasteiger partial charge in [0.2, 0.25) is 6.29 Å². The van der Waals surface area contributed by atoms with Gasteiger partial charge in [-0.3, -0.25) is 4.79 Å². The molecular formula is C9H8BrO2. The molecule has 0 amide bonds. The number of rotatable bonds is 3. The largest absolute Gasteiger partial charge is 0.485 e. The number of hydrogen-bond donors (Lipinski definition) is 0. The Labute approximate surface area is 79.7 Å². The predicted molar refractivity (Wildman–Crippen MR) is 50.1 cm³/mol. The third-order valence-corrected chi connectivity index (χ3v) is 2.32. The van der Waals surface area contributed by atoms with Gasteiger partial charge < -0.3 is 4.74 Å². The molecule has 0 saturated heterocycles. The Bertz CT molecular complexity index is 284. The van der Waals surface area contributed by atoms with Gasteiger partial charge in [0.15, 0.2) is 6.61 Å². The lowest BCUT2D eigenvalue weighted by atomic mass is 10.2. The van der Waals surface area contributed by atoms with E-state index in [-0.39, 0.29) is 6.61 Å². The van der Waals surface area contributed by atoms with Crippen LogP contribution in [0.15, 0.2) is 22.7 Å². The van der Waals surface area contributed by atoms with E-state index in [1.807, 2.05) is 19.1 Å². The van der Waals surface area contributed by atoms with E-state index >= 15 is 0 Å². The fourth-order valence-electron chi connectivity index (χ4n) is 0.820. The minimum absolute atomic E-state index is 0.0128. The van der Waals surface area contributed by atoms with Crippen LogP contribution in [0, 0.1) is 6.92 Å². The van der Waals surface area contributed by atoms with Crippen LogP contribution in [0.3, 0.4) is 0 Å². The molecule has 0 atom stereocenters. The summed E-state index contributed by atoms with van der Waals surface area (Å²) < 4.78 is 6.08. The van der Waals surface area contributed by atoms with Crippen molar-refractivity contribution in [2.24, 2.45) is 0 Å². The topological polar surface area (TPSA) is 26.3 Å². The van der Waals surface area contributed by atoms with Gasteiger partial charge in [-0.25, -0.2) is 0 Å². The molecule has 0 heterocycles. The molecular weight excluding hydrogens is 220 g/mol. The van der Waals surface area contributed by atoms with Gasteiger partial charge in [0, 0.05) is 4.47 Å². The van der Waals surface area contributed by atoms with Gasteiger partial charge in [0.1, 0.15) is 5.75 Å². The van der Waals surface area contributed by atoms with Crippen molar-refractivity contribution in [2.45, 2.75) is 6.92 Å². The van der Waals surface area contributed by atoms with Crippen LogP contribution >= 0.6 is 15.9 Å². The average molecular weight is 228 g/mol. The smallest absolute Gasteiger partial charge is 0.239 e. The number of benzene rings is 1. The first kappa shape index (κ1) is 9.26. The summed E-state index contributed by atoms with van der Waals surface area (Å²) >= 11 is 3.36. The highest BCUT2D eigenvalue weighted by Crippen LogP contribution is 2.21. The Morgan fingerprint density at radius 1 is 1.58 bits per heavy atom. The van der Waals surface area contributed by atoms with E-state index in [1.54, 1.807) is 12.4 Å². The molecule has 1 aromatic rings. The van der Waals surface area contributed by atoms with Gasteiger partial charge in [-0.2, -0.15) is 0 Å². The zero-order valence-electron chi connectivity index (χ0n) is 6.63. The van der Waals surface area contributed by atoms with Crippen molar-refractivity contribution in [1.29, 1.82) is 0 Å². The number of hydrogen-bond acceptors (Lipinski definition) is 2. The molecule has 1 aromatic carbocycles. The van der Waals surface area contributed by atoms with Crippen molar-refractivity contribution in [3.05, 3.63) is 28.2 Å². The summed E-state index contributed by atoms with van der Waals surface area (Å²) in [6.07, 6.45) is 1.67. The van der Waals surface area contributed by atoms with Crippen LogP contribution in [0.2, 0.25) is 0 Å². The second-order valence-electron chi connectivity index (χ2n) is 2.34. The van der Waals surface area contributed by atoms with Crippen LogP contribution in [-0.4, -0.2) is 12.9 Å². The summed E-state index contributed by atoms with van der Waals surface area (Å²) in [7, 11) is 0. The molecule has 2 nitrogen and oxygen atoms in total. The maximum absolute atomic E-state index is 9.87. The molecule has 3 heteroatoms. The quantitative estimate of drug-likeness (QED) is 0.792. The minimum Gasteiger partial charge on any atom is -0.485 e. The maximum atomic E-state index is 9.87. The van der Waals surface area contributed by atoms with Crippen molar-refractivity contribution in [3.8, 4) is 5.75 Å². The van der Waals surface area contributed by atoms with E-state index in [0.717, 1.165) is 10.0 Å². The van der Waals surface area contributed by atoms with Crippen molar-refractivity contribution in [3.63, 3.8) is 0 Å². The Morgan fingerprint density at radius 3 is 2.92 bits per heavy atom. The van der Waals surface area contributed by atoms with Crippen molar-refractivity contribution in [2.75, 3.05) is 6.61 Å². The van der Waals surface area contributed by atoms with Crippen LogP contribution < -0.4 is 4.74 Å². The van der Waals surface area contributed by atoms with E-state index in [1.165, 1.54) is 0 Å². The van der Waals surface area contributed by atoms with Gasteiger partial charge in [0.25, 0.3) is 0 Å². The monoisotopic (exact) mass is 227 g/mol. The van der Waals surface area contributed by atoms with Gasteiger partial charge in [-0.05, 0) is 30.7 Å². The number of aryl methyl sites for hydroxylation is 1. The maximum Gasteiger partial charge on any atom is 0.239 e. The highest BCUT2D eigenvalue weighted by Gasteiger charge is 1.97. The normalized spacial score (nSPS) is 9.50. The molecule has 63 valence electrons. The summed E-state index contributed by atoms with van der Waals surface area (Å²) in [5.41, 5.74) is 1.08. The highest BCUT2D eigenvalue weighted by molar-refractivity contribution is 9.10. The number of carbonyl (C=O) groups excluding carboxylic acids is 1. The van der Waals surface area contributed by atoms with Gasteiger partial charge in [-0.15, -0.1) is 0 Å². The van der Waals surface area contributed by atoms with E-state index in [4.69, 9.17) is 4.74 Å². The number of ether oxygens (including phenoxy) is 1. The predicted octanol–water partition coefficient (Wildman–Crippen LogP) is 2.25. The molecule has 0 aromatic heterocycles. The summed E-state index contributed by atoms with van der Waals surface area (Å²) in [6.45, 7) is 1.95. The molecule has 0 bridgehead atoms. The molecule has 0 aliphatic carbocycles. The minimum atomic E-state index is -0.0128. The van der Waals surface area contributed by atoms with Crippen molar-refractivity contribution in [1.82, 2.24) is 0 Å². The zero-order chi connectivity index (χ0) is 8.97. The lowest BCUT2D eigenvalue weighted by molar-refractivity contribution is 0.364. The van der Waals surface area contributed by atoms with E-state index in [0.29, 0.717) is 5.75 Å². The van der Waals surface area contributed by atoms with Crippen molar-refractivity contribution < 1.29 is 9.53 Å². The van der Waals surface area contributed by atoms with Crippen LogP contribution in [0.4, 0.5) is 0 Å². The van der Waals surface area contributed by atoms with Gasteiger partial charge >= 0.3 is 0 Å².